The Morgan fingerprint density at radius 3 is 2.70 bits per heavy atom. The Bertz CT molecular complexity index is 506. The molecule has 0 amide bonds. The Morgan fingerprint density at radius 1 is 1.22 bits per heavy atom. The summed E-state index contributed by atoms with van der Waals surface area (Å²) in [5.41, 5.74) is 0.835. The van der Waals surface area contributed by atoms with E-state index in [4.69, 9.17) is 4.74 Å². The molecule has 128 valence electrons. The maximum atomic E-state index is 10.5. The number of hydrogen-bond acceptors (Lipinski definition) is 6. The number of hydrogen-bond donors (Lipinski definition) is 3. The third kappa shape index (κ3) is 4.22. The van der Waals surface area contributed by atoms with Gasteiger partial charge in [0.1, 0.15) is 5.75 Å². The monoisotopic (exact) mass is 321 g/mol. The van der Waals surface area contributed by atoms with Gasteiger partial charge in [-0.15, -0.1) is 0 Å². The van der Waals surface area contributed by atoms with Gasteiger partial charge in [0.15, 0.2) is 0 Å². The van der Waals surface area contributed by atoms with Gasteiger partial charge >= 0.3 is 0 Å². The number of nitrogens with one attached hydrogen (secondary N) is 1. The normalized spacial score (nSPS) is 29.9. The molecule has 0 radical (unpaired) electrons. The number of phenols is 1. The molecule has 2 aliphatic heterocycles. The minimum absolute atomic E-state index is 0.0907. The average Bonchev–Trinajstić information content (AvgIpc) is 2.89. The molecule has 23 heavy (non-hydrogen) atoms. The first-order valence-corrected chi connectivity index (χ1v) is 8.34. The van der Waals surface area contributed by atoms with Crippen LogP contribution in [0.5, 0.6) is 5.75 Å². The number of aliphatic hydroxyl groups is 1. The highest BCUT2D eigenvalue weighted by Crippen LogP contribution is 2.19. The van der Waals surface area contributed by atoms with Crippen molar-refractivity contribution in [2.45, 2.75) is 24.8 Å². The fourth-order valence-electron chi connectivity index (χ4n) is 3.21. The average molecular weight is 321 g/mol. The highest BCUT2D eigenvalue weighted by Gasteiger charge is 2.36. The van der Waals surface area contributed by atoms with E-state index in [0.29, 0.717) is 13.2 Å². The van der Waals surface area contributed by atoms with Crippen molar-refractivity contribution in [1.82, 2.24) is 15.1 Å². The van der Waals surface area contributed by atoms with Crippen molar-refractivity contribution in [1.29, 1.82) is 0 Å². The van der Waals surface area contributed by atoms with Gasteiger partial charge in [-0.2, -0.15) is 0 Å². The SMILES string of the molecule is CN1CCN(CC2OCC(NCc3ccccc3O)C2O)CC1. The van der Waals surface area contributed by atoms with E-state index >= 15 is 0 Å². The summed E-state index contributed by atoms with van der Waals surface area (Å²) in [5.74, 6) is 0.280. The van der Waals surface area contributed by atoms with Gasteiger partial charge in [-0.3, -0.25) is 4.90 Å². The van der Waals surface area contributed by atoms with E-state index < -0.39 is 6.10 Å². The number of likely N-dealkylation sites (N-methyl/N-ethyl adjacent to an activating group) is 1. The number of ether oxygens (including phenoxy) is 1. The van der Waals surface area contributed by atoms with Crippen molar-refractivity contribution in [3.05, 3.63) is 29.8 Å². The van der Waals surface area contributed by atoms with E-state index in [1.54, 1.807) is 12.1 Å². The molecular weight excluding hydrogens is 294 g/mol. The van der Waals surface area contributed by atoms with Crippen LogP contribution in [0.3, 0.4) is 0 Å². The summed E-state index contributed by atoms with van der Waals surface area (Å²) in [7, 11) is 2.14. The number of benzene rings is 1. The second-order valence-electron chi connectivity index (χ2n) is 6.58. The van der Waals surface area contributed by atoms with Gasteiger partial charge < -0.3 is 25.2 Å². The third-order valence-electron chi connectivity index (χ3n) is 4.86. The zero-order valence-corrected chi connectivity index (χ0v) is 13.7. The molecule has 0 aliphatic carbocycles. The van der Waals surface area contributed by atoms with Crippen LogP contribution in [0.4, 0.5) is 0 Å². The van der Waals surface area contributed by atoms with Crippen molar-refractivity contribution in [2.24, 2.45) is 0 Å². The molecule has 0 spiro atoms. The van der Waals surface area contributed by atoms with Crippen LogP contribution < -0.4 is 5.32 Å². The second kappa shape index (κ2) is 7.59. The molecule has 0 bridgehead atoms. The van der Waals surface area contributed by atoms with E-state index in [9.17, 15) is 10.2 Å². The molecule has 0 aromatic heterocycles. The van der Waals surface area contributed by atoms with Crippen LogP contribution in [0.1, 0.15) is 5.56 Å². The van der Waals surface area contributed by atoms with Crippen molar-refractivity contribution >= 4 is 0 Å². The lowest BCUT2D eigenvalue weighted by Crippen LogP contribution is -2.50. The van der Waals surface area contributed by atoms with E-state index in [2.05, 4.69) is 22.2 Å². The van der Waals surface area contributed by atoms with Gasteiger partial charge in [-0.1, -0.05) is 18.2 Å². The highest BCUT2D eigenvalue weighted by molar-refractivity contribution is 5.31. The standard InChI is InChI=1S/C17H27N3O3/c1-19-6-8-20(9-7-19)11-16-17(22)14(12-23-16)18-10-13-4-2-3-5-15(13)21/h2-5,14,16-18,21-22H,6-12H2,1H3. The molecule has 3 N–H and O–H groups in total. The number of piperazine rings is 1. The summed E-state index contributed by atoms with van der Waals surface area (Å²) < 4.78 is 5.80. The number of nitrogens with zero attached hydrogens (tertiary/aromatic N) is 2. The summed E-state index contributed by atoms with van der Waals surface area (Å²) >= 11 is 0. The largest absolute Gasteiger partial charge is 0.508 e. The van der Waals surface area contributed by atoms with Gasteiger partial charge in [0.2, 0.25) is 0 Å². The van der Waals surface area contributed by atoms with Gasteiger partial charge in [0.05, 0.1) is 24.9 Å². The lowest BCUT2D eigenvalue weighted by Gasteiger charge is -2.34. The van der Waals surface area contributed by atoms with Crippen LogP contribution in [0.15, 0.2) is 24.3 Å². The van der Waals surface area contributed by atoms with E-state index in [0.717, 1.165) is 38.3 Å². The first-order valence-electron chi connectivity index (χ1n) is 8.34. The Hall–Kier alpha value is -1.18. The Morgan fingerprint density at radius 2 is 1.96 bits per heavy atom. The molecule has 1 aromatic rings. The minimum atomic E-state index is -0.513. The minimum Gasteiger partial charge on any atom is -0.508 e. The Kier molecular flexibility index (Phi) is 5.50. The summed E-state index contributed by atoms with van der Waals surface area (Å²) in [6, 6.07) is 7.17. The van der Waals surface area contributed by atoms with Crippen LogP contribution in [-0.2, 0) is 11.3 Å². The number of para-hydroxylation sites is 1. The summed E-state index contributed by atoms with van der Waals surface area (Å²) in [6.07, 6.45) is -0.652. The maximum Gasteiger partial charge on any atom is 0.120 e. The van der Waals surface area contributed by atoms with Crippen LogP contribution in [0, 0.1) is 0 Å². The molecule has 6 heteroatoms. The predicted molar refractivity (Wildman–Crippen MR) is 88.4 cm³/mol. The zero-order chi connectivity index (χ0) is 16.2. The lowest BCUT2D eigenvalue weighted by atomic mass is 10.1. The molecule has 2 heterocycles. The summed E-state index contributed by atoms with van der Waals surface area (Å²) in [5, 5.41) is 23.6. The van der Waals surface area contributed by atoms with E-state index in [-0.39, 0.29) is 17.9 Å². The predicted octanol–water partition coefficient (Wildman–Crippen LogP) is -0.142. The van der Waals surface area contributed by atoms with Gasteiger partial charge in [-0.25, -0.2) is 0 Å². The molecule has 2 aliphatic rings. The number of phenolic OH excluding ortho intramolecular Hbond substituents is 1. The van der Waals surface area contributed by atoms with E-state index in [1.165, 1.54) is 0 Å². The first-order chi connectivity index (χ1) is 11.1. The molecule has 1 aromatic carbocycles. The summed E-state index contributed by atoms with van der Waals surface area (Å²) in [4.78, 5) is 4.68. The van der Waals surface area contributed by atoms with Crippen LogP contribution in [0.2, 0.25) is 0 Å². The summed E-state index contributed by atoms with van der Waals surface area (Å²) in [6.45, 7) is 6.00. The van der Waals surface area contributed by atoms with Crippen molar-refractivity contribution in [3.8, 4) is 5.75 Å². The fraction of sp³-hybridized carbons (Fsp3) is 0.647. The van der Waals surface area contributed by atoms with Crippen LogP contribution in [-0.4, -0.2) is 84.6 Å². The fourth-order valence-corrected chi connectivity index (χ4v) is 3.21. The molecule has 3 unspecified atom stereocenters. The van der Waals surface area contributed by atoms with Gasteiger partial charge in [0.25, 0.3) is 0 Å². The molecular formula is C17H27N3O3. The lowest BCUT2D eigenvalue weighted by molar-refractivity contribution is 0.00599. The molecule has 6 nitrogen and oxygen atoms in total. The molecule has 3 atom stereocenters. The van der Waals surface area contributed by atoms with Gasteiger partial charge in [-0.05, 0) is 13.1 Å². The first kappa shape index (κ1) is 16.7. The zero-order valence-electron chi connectivity index (χ0n) is 13.7. The van der Waals surface area contributed by atoms with Crippen LogP contribution in [0.25, 0.3) is 0 Å². The molecule has 0 saturated carbocycles. The van der Waals surface area contributed by atoms with Crippen molar-refractivity contribution in [3.63, 3.8) is 0 Å². The Balaban J connectivity index is 1.47. The number of rotatable bonds is 5. The maximum absolute atomic E-state index is 10.5. The highest BCUT2D eigenvalue weighted by atomic mass is 16.5. The number of aliphatic hydroxyl groups excluding tert-OH is 1. The third-order valence-corrected chi connectivity index (χ3v) is 4.86. The van der Waals surface area contributed by atoms with Crippen molar-refractivity contribution < 1.29 is 14.9 Å². The second-order valence-corrected chi connectivity index (χ2v) is 6.58. The smallest absolute Gasteiger partial charge is 0.120 e. The quantitative estimate of drug-likeness (QED) is 0.701. The number of aromatic hydroxyl groups is 1. The Labute approximate surface area is 137 Å². The molecule has 2 saturated heterocycles. The topological polar surface area (TPSA) is 68.2 Å². The van der Waals surface area contributed by atoms with Gasteiger partial charge in [0, 0.05) is 44.8 Å². The molecule has 2 fully saturated rings. The molecule has 3 rings (SSSR count). The van der Waals surface area contributed by atoms with Crippen molar-refractivity contribution in [2.75, 3.05) is 46.4 Å². The van der Waals surface area contributed by atoms with E-state index in [1.807, 2.05) is 12.1 Å². The van der Waals surface area contributed by atoms with Crippen LogP contribution >= 0.6 is 0 Å².